The maximum Gasteiger partial charge on any atom is 0.269 e. The van der Waals surface area contributed by atoms with Gasteiger partial charge in [0.15, 0.2) is 0 Å². The summed E-state index contributed by atoms with van der Waals surface area (Å²) < 4.78 is 0. The van der Waals surface area contributed by atoms with Crippen LogP contribution in [0.3, 0.4) is 0 Å². The summed E-state index contributed by atoms with van der Waals surface area (Å²) in [7, 11) is 0. The first-order valence-electron chi connectivity index (χ1n) is 10.9. The fraction of sp³-hybridized carbons (Fsp3) is 0.115. The molecular formula is C26H19ClN4O4. The molecule has 9 heteroatoms. The minimum atomic E-state index is -0.583. The average molecular weight is 487 g/mol. The molecule has 0 radical (unpaired) electrons. The zero-order valence-electron chi connectivity index (χ0n) is 18.6. The Balaban J connectivity index is 1.72. The number of hydrogen-bond acceptors (Lipinski definition) is 5. The molecule has 1 N–H and O–H groups in total. The SMILES string of the molecule is CC(=O)N1N=C(c2c(-c3ccccc3)c3cc(Cl)ccc3[nH]c2=O)C[C@@H]1c1cccc([N+](=O)[O-])c1. The van der Waals surface area contributed by atoms with E-state index in [1.807, 2.05) is 30.3 Å². The maximum atomic E-state index is 13.4. The van der Waals surface area contributed by atoms with E-state index in [0.717, 1.165) is 10.9 Å². The lowest BCUT2D eigenvalue weighted by Crippen LogP contribution is -2.24. The van der Waals surface area contributed by atoms with Crippen molar-refractivity contribution < 1.29 is 9.72 Å². The van der Waals surface area contributed by atoms with E-state index in [1.54, 1.807) is 30.3 Å². The normalized spacial score (nSPS) is 15.3. The van der Waals surface area contributed by atoms with E-state index < -0.39 is 11.0 Å². The number of hydrogen-bond donors (Lipinski definition) is 1. The number of non-ortho nitro benzene ring substituents is 1. The van der Waals surface area contributed by atoms with Crippen molar-refractivity contribution in [3.63, 3.8) is 0 Å². The molecule has 3 aromatic carbocycles. The van der Waals surface area contributed by atoms with E-state index >= 15 is 0 Å². The van der Waals surface area contributed by atoms with Crippen LogP contribution in [0.15, 0.2) is 82.7 Å². The van der Waals surface area contributed by atoms with E-state index in [0.29, 0.717) is 32.9 Å². The molecule has 0 saturated heterocycles. The number of fused-ring (bicyclic) bond motifs is 1. The number of rotatable bonds is 4. The summed E-state index contributed by atoms with van der Waals surface area (Å²) in [4.78, 5) is 39.6. The number of halogens is 1. The average Bonchev–Trinajstić information content (AvgIpc) is 3.29. The van der Waals surface area contributed by atoms with Crippen molar-refractivity contribution in [1.29, 1.82) is 0 Å². The Kier molecular flexibility index (Phi) is 5.66. The predicted molar refractivity (Wildman–Crippen MR) is 135 cm³/mol. The second-order valence-corrected chi connectivity index (χ2v) is 8.68. The summed E-state index contributed by atoms with van der Waals surface area (Å²) >= 11 is 6.31. The van der Waals surface area contributed by atoms with E-state index in [1.165, 1.54) is 24.1 Å². The molecule has 0 spiro atoms. The van der Waals surface area contributed by atoms with Crippen molar-refractivity contribution in [2.45, 2.75) is 19.4 Å². The zero-order chi connectivity index (χ0) is 24.7. The minimum absolute atomic E-state index is 0.0809. The van der Waals surface area contributed by atoms with Crippen LogP contribution >= 0.6 is 11.6 Å². The van der Waals surface area contributed by atoms with Crippen molar-refractivity contribution in [1.82, 2.24) is 9.99 Å². The third kappa shape index (κ3) is 4.08. The van der Waals surface area contributed by atoms with Crippen molar-refractivity contribution >= 4 is 39.8 Å². The summed E-state index contributed by atoms with van der Waals surface area (Å²) in [6, 6.07) is 20.2. The minimum Gasteiger partial charge on any atom is -0.321 e. The highest BCUT2D eigenvalue weighted by Crippen LogP contribution is 2.38. The van der Waals surface area contributed by atoms with Gasteiger partial charge in [-0.1, -0.05) is 54.1 Å². The van der Waals surface area contributed by atoms with E-state index in [4.69, 9.17) is 11.6 Å². The lowest BCUT2D eigenvalue weighted by atomic mass is 9.91. The molecule has 0 fully saturated rings. The van der Waals surface area contributed by atoms with Crippen molar-refractivity contribution in [3.8, 4) is 11.1 Å². The third-order valence-corrected chi connectivity index (χ3v) is 6.26. The third-order valence-electron chi connectivity index (χ3n) is 6.03. The number of carbonyl (C=O) groups is 1. The Bertz CT molecular complexity index is 1580. The maximum absolute atomic E-state index is 13.4. The molecule has 1 atom stereocenters. The number of hydrazone groups is 1. The summed E-state index contributed by atoms with van der Waals surface area (Å²) in [6.07, 6.45) is 0.218. The Hall–Kier alpha value is -4.30. The molecule has 35 heavy (non-hydrogen) atoms. The van der Waals surface area contributed by atoms with E-state index in [9.17, 15) is 19.7 Å². The van der Waals surface area contributed by atoms with Gasteiger partial charge in [-0.3, -0.25) is 19.7 Å². The van der Waals surface area contributed by atoms with Gasteiger partial charge >= 0.3 is 0 Å². The van der Waals surface area contributed by atoms with Gasteiger partial charge in [-0.25, -0.2) is 5.01 Å². The Morgan fingerprint density at radius 3 is 2.57 bits per heavy atom. The Morgan fingerprint density at radius 1 is 1.09 bits per heavy atom. The van der Waals surface area contributed by atoms with Gasteiger partial charge in [0, 0.05) is 47.0 Å². The van der Waals surface area contributed by atoms with E-state index in [2.05, 4.69) is 10.1 Å². The van der Waals surface area contributed by atoms with Crippen LogP contribution in [-0.4, -0.2) is 26.5 Å². The number of pyridine rings is 1. The fourth-order valence-corrected chi connectivity index (χ4v) is 4.67. The molecule has 2 heterocycles. The molecule has 174 valence electrons. The number of aromatic nitrogens is 1. The molecule has 5 rings (SSSR count). The smallest absolute Gasteiger partial charge is 0.269 e. The highest BCUT2D eigenvalue weighted by molar-refractivity contribution is 6.31. The van der Waals surface area contributed by atoms with Crippen LogP contribution in [0.4, 0.5) is 5.69 Å². The lowest BCUT2D eigenvalue weighted by molar-refractivity contribution is -0.384. The van der Waals surface area contributed by atoms with Crippen LogP contribution in [0, 0.1) is 10.1 Å². The van der Waals surface area contributed by atoms with Crippen LogP contribution in [0.5, 0.6) is 0 Å². The number of H-pyrrole nitrogens is 1. The molecule has 1 aliphatic heterocycles. The quantitative estimate of drug-likeness (QED) is 0.305. The van der Waals surface area contributed by atoms with Gasteiger partial charge in [0.25, 0.3) is 11.2 Å². The molecule has 0 saturated carbocycles. The van der Waals surface area contributed by atoms with Gasteiger partial charge in [0.1, 0.15) is 0 Å². The second-order valence-electron chi connectivity index (χ2n) is 8.24. The molecule has 1 aliphatic rings. The number of benzene rings is 3. The van der Waals surface area contributed by atoms with Crippen LogP contribution in [0.25, 0.3) is 22.0 Å². The van der Waals surface area contributed by atoms with Gasteiger partial charge in [-0.15, -0.1) is 0 Å². The predicted octanol–water partition coefficient (Wildman–Crippen LogP) is 5.45. The summed E-state index contributed by atoms with van der Waals surface area (Å²) in [5.74, 6) is -0.335. The summed E-state index contributed by atoms with van der Waals surface area (Å²) in [5, 5.41) is 18.4. The van der Waals surface area contributed by atoms with Gasteiger partial charge in [-0.2, -0.15) is 5.10 Å². The van der Waals surface area contributed by atoms with Gasteiger partial charge in [0.05, 0.1) is 22.2 Å². The number of nitro groups is 1. The largest absolute Gasteiger partial charge is 0.321 e. The van der Waals surface area contributed by atoms with Crippen molar-refractivity contribution in [2.75, 3.05) is 0 Å². The number of nitro benzene ring substituents is 1. The first-order chi connectivity index (χ1) is 16.8. The molecule has 4 aromatic rings. The Labute approximate surface area is 204 Å². The lowest BCUT2D eigenvalue weighted by Gasteiger charge is -2.20. The monoisotopic (exact) mass is 486 g/mol. The number of amides is 1. The molecule has 1 amide bonds. The first-order valence-corrected chi connectivity index (χ1v) is 11.2. The van der Waals surface area contributed by atoms with Gasteiger partial charge in [0.2, 0.25) is 5.91 Å². The molecule has 0 bridgehead atoms. The highest BCUT2D eigenvalue weighted by Gasteiger charge is 2.34. The molecule has 0 aliphatic carbocycles. The number of nitrogens with zero attached hydrogens (tertiary/aromatic N) is 3. The van der Waals surface area contributed by atoms with E-state index in [-0.39, 0.29) is 23.6 Å². The summed E-state index contributed by atoms with van der Waals surface area (Å²) in [6.45, 7) is 1.37. The summed E-state index contributed by atoms with van der Waals surface area (Å²) in [5.41, 5.74) is 2.98. The van der Waals surface area contributed by atoms with Gasteiger partial charge in [-0.05, 0) is 29.3 Å². The molecular weight excluding hydrogens is 468 g/mol. The highest BCUT2D eigenvalue weighted by atomic mass is 35.5. The zero-order valence-corrected chi connectivity index (χ0v) is 19.3. The van der Waals surface area contributed by atoms with Crippen LogP contribution < -0.4 is 5.56 Å². The number of aromatic amines is 1. The van der Waals surface area contributed by atoms with Crippen LogP contribution in [0.1, 0.15) is 30.5 Å². The fourth-order valence-electron chi connectivity index (χ4n) is 4.50. The topological polar surface area (TPSA) is 109 Å². The standard InChI is InChI=1S/C26H19ClN4O4/c1-15(32)30-23(17-8-5-9-19(12-17)31(34)35)14-22(29-30)25-24(16-6-3-2-4-7-16)20-13-18(27)10-11-21(20)28-26(25)33/h2-13,23H,14H2,1H3,(H,28,33)/t23-/m1/s1. The first kappa shape index (κ1) is 22.5. The van der Waals surface area contributed by atoms with Crippen LogP contribution in [-0.2, 0) is 4.79 Å². The van der Waals surface area contributed by atoms with Crippen molar-refractivity contribution in [2.24, 2.45) is 5.10 Å². The number of carbonyl (C=O) groups excluding carboxylic acids is 1. The van der Waals surface area contributed by atoms with Crippen LogP contribution in [0.2, 0.25) is 5.02 Å². The van der Waals surface area contributed by atoms with Gasteiger partial charge < -0.3 is 4.98 Å². The van der Waals surface area contributed by atoms with Crippen molar-refractivity contribution in [3.05, 3.63) is 109 Å². The molecule has 0 unspecified atom stereocenters. The second kappa shape index (κ2) is 8.81. The molecule has 8 nitrogen and oxygen atoms in total. The Morgan fingerprint density at radius 2 is 1.86 bits per heavy atom. The number of nitrogens with one attached hydrogen (secondary N) is 1. The molecule has 1 aromatic heterocycles.